The Balaban J connectivity index is 1.19. The zero-order valence-corrected chi connectivity index (χ0v) is 21.6. The van der Waals surface area contributed by atoms with Crippen molar-refractivity contribution in [2.75, 3.05) is 13.7 Å². The number of carbonyl (C=O) groups is 2. The highest BCUT2D eigenvalue weighted by molar-refractivity contribution is 6.32. The molecule has 0 radical (unpaired) electrons. The molecule has 1 fully saturated rings. The number of benzene rings is 3. The third-order valence-corrected chi connectivity index (χ3v) is 7.29. The summed E-state index contributed by atoms with van der Waals surface area (Å²) in [5.41, 5.74) is 2.36. The fraction of sp³-hybridized carbons (Fsp3) is 0.310. The molecule has 0 saturated heterocycles. The summed E-state index contributed by atoms with van der Waals surface area (Å²) < 4.78 is 21.8. The summed E-state index contributed by atoms with van der Waals surface area (Å²) >= 11 is 6.41. The predicted octanol–water partition coefficient (Wildman–Crippen LogP) is 6.73. The van der Waals surface area contributed by atoms with Crippen LogP contribution >= 0.6 is 11.6 Å². The molecule has 0 bridgehead atoms. The van der Waals surface area contributed by atoms with Gasteiger partial charge in [0.1, 0.15) is 29.1 Å². The molecule has 2 N–H and O–H groups in total. The molecular weight excluding hydrogens is 510 g/mol. The van der Waals surface area contributed by atoms with E-state index in [4.69, 9.17) is 35.7 Å². The van der Waals surface area contributed by atoms with E-state index in [1.165, 1.54) is 5.56 Å². The minimum atomic E-state index is -1.35. The van der Waals surface area contributed by atoms with Gasteiger partial charge in [-0.15, -0.1) is 0 Å². The average molecular weight is 538 g/mol. The molecule has 1 heterocycles. The standard InChI is InChI=1S/C29H28ClNO7/c1-35-21-8-3-17(4-9-21)19-2-7-20(14-19)31-28(32)18-5-10-22(11-6-18)37-27-16-26-23(15-24(27)30)25(12-13-36-26)38-29(33)34/h3-6,8-11,15-16,19-20,25H,2,7,12-14H2,1H3,(H,31,32)(H,33,34). The first-order chi connectivity index (χ1) is 18.4. The smallest absolute Gasteiger partial charge is 0.497 e. The van der Waals surface area contributed by atoms with Crippen LogP contribution in [0.4, 0.5) is 4.79 Å². The largest absolute Gasteiger partial charge is 0.506 e. The summed E-state index contributed by atoms with van der Waals surface area (Å²) in [6, 6.07) is 18.3. The fourth-order valence-corrected chi connectivity index (χ4v) is 5.25. The number of hydrogen-bond donors (Lipinski definition) is 2. The van der Waals surface area contributed by atoms with Gasteiger partial charge in [0.05, 0.1) is 18.7 Å². The van der Waals surface area contributed by atoms with E-state index >= 15 is 0 Å². The van der Waals surface area contributed by atoms with Gasteiger partial charge in [0.2, 0.25) is 0 Å². The van der Waals surface area contributed by atoms with Crippen molar-refractivity contribution >= 4 is 23.7 Å². The Labute approximate surface area is 225 Å². The van der Waals surface area contributed by atoms with Crippen LogP contribution in [0.1, 0.15) is 59.2 Å². The molecule has 1 aliphatic carbocycles. The molecule has 8 nitrogen and oxygen atoms in total. The Morgan fingerprint density at radius 3 is 2.45 bits per heavy atom. The molecule has 3 atom stereocenters. The maximum atomic E-state index is 12.9. The van der Waals surface area contributed by atoms with Crippen LogP contribution in [-0.4, -0.2) is 36.9 Å². The van der Waals surface area contributed by atoms with Crippen LogP contribution in [-0.2, 0) is 4.74 Å². The highest BCUT2D eigenvalue weighted by atomic mass is 35.5. The lowest BCUT2D eigenvalue weighted by atomic mass is 9.97. The third kappa shape index (κ3) is 5.81. The monoisotopic (exact) mass is 537 g/mol. The highest BCUT2D eigenvalue weighted by Gasteiger charge is 2.28. The molecule has 1 aliphatic heterocycles. The number of nitrogens with one attached hydrogen (secondary N) is 1. The molecule has 198 valence electrons. The lowest BCUT2D eigenvalue weighted by molar-refractivity contribution is 0.0326. The van der Waals surface area contributed by atoms with E-state index in [0.29, 0.717) is 52.3 Å². The molecule has 0 aromatic heterocycles. The van der Waals surface area contributed by atoms with Crippen molar-refractivity contribution in [2.45, 2.75) is 43.7 Å². The molecule has 5 rings (SSSR count). The van der Waals surface area contributed by atoms with Crippen molar-refractivity contribution in [1.82, 2.24) is 5.32 Å². The average Bonchev–Trinajstić information content (AvgIpc) is 3.38. The molecule has 1 amide bonds. The van der Waals surface area contributed by atoms with E-state index in [1.54, 1.807) is 43.5 Å². The summed E-state index contributed by atoms with van der Waals surface area (Å²) in [7, 11) is 1.66. The lowest BCUT2D eigenvalue weighted by Gasteiger charge is -2.25. The van der Waals surface area contributed by atoms with E-state index in [9.17, 15) is 9.59 Å². The summed E-state index contributed by atoms with van der Waals surface area (Å²) in [5, 5.41) is 12.4. The molecule has 3 aromatic rings. The van der Waals surface area contributed by atoms with Crippen LogP contribution in [0.2, 0.25) is 5.02 Å². The number of halogens is 1. The molecule has 3 aromatic carbocycles. The minimum absolute atomic E-state index is 0.119. The Kier molecular flexibility index (Phi) is 7.60. The number of hydrogen-bond acceptors (Lipinski definition) is 6. The maximum Gasteiger partial charge on any atom is 0.506 e. The van der Waals surface area contributed by atoms with Crippen LogP contribution in [0.3, 0.4) is 0 Å². The second-order valence-corrected chi connectivity index (χ2v) is 9.82. The fourth-order valence-electron chi connectivity index (χ4n) is 5.04. The van der Waals surface area contributed by atoms with Gasteiger partial charge in [0.15, 0.2) is 0 Å². The van der Waals surface area contributed by atoms with Crippen LogP contribution in [0, 0.1) is 0 Å². The van der Waals surface area contributed by atoms with Gasteiger partial charge >= 0.3 is 6.16 Å². The van der Waals surface area contributed by atoms with Gasteiger partial charge in [0, 0.05) is 29.7 Å². The number of ether oxygens (including phenoxy) is 4. The summed E-state index contributed by atoms with van der Waals surface area (Å²) in [6.07, 6.45) is 1.26. The van der Waals surface area contributed by atoms with Crippen molar-refractivity contribution in [3.05, 3.63) is 82.4 Å². The summed E-state index contributed by atoms with van der Waals surface area (Å²) in [6.45, 7) is 0.317. The number of methoxy groups -OCH3 is 1. The Morgan fingerprint density at radius 2 is 1.74 bits per heavy atom. The Morgan fingerprint density at radius 1 is 1.00 bits per heavy atom. The number of rotatable bonds is 7. The predicted molar refractivity (Wildman–Crippen MR) is 141 cm³/mol. The zero-order valence-electron chi connectivity index (χ0n) is 20.8. The van der Waals surface area contributed by atoms with Crippen LogP contribution in [0.25, 0.3) is 0 Å². The molecule has 2 aliphatic rings. The third-order valence-electron chi connectivity index (χ3n) is 6.99. The van der Waals surface area contributed by atoms with Crippen molar-refractivity contribution < 1.29 is 33.6 Å². The first-order valence-corrected chi connectivity index (χ1v) is 12.9. The van der Waals surface area contributed by atoms with Gasteiger partial charge < -0.3 is 29.4 Å². The minimum Gasteiger partial charge on any atom is -0.497 e. The highest BCUT2D eigenvalue weighted by Crippen LogP contribution is 2.42. The zero-order chi connectivity index (χ0) is 26.6. The Hall–Kier alpha value is -3.91. The second kappa shape index (κ2) is 11.2. The molecule has 1 saturated carbocycles. The number of carbonyl (C=O) groups excluding carboxylic acids is 1. The van der Waals surface area contributed by atoms with E-state index < -0.39 is 12.3 Å². The van der Waals surface area contributed by atoms with E-state index in [-0.39, 0.29) is 11.9 Å². The van der Waals surface area contributed by atoms with Gasteiger partial charge in [-0.25, -0.2) is 4.79 Å². The summed E-state index contributed by atoms with van der Waals surface area (Å²) in [4.78, 5) is 23.8. The SMILES string of the molecule is COc1ccc(C2CCC(NC(=O)c3ccc(Oc4cc5c(cc4Cl)C(OC(=O)O)CCO5)cc3)C2)cc1. The van der Waals surface area contributed by atoms with E-state index in [2.05, 4.69) is 17.4 Å². The molecular formula is C29H28ClNO7. The molecule has 3 unspecified atom stereocenters. The van der Waals surface area contributed by atoms with Crippen molar-refractivity contribution in [1.29, 1.82) is 0 Å². The van der Waals surface area contributed by atoms with Gasteiger partial charge in [-0.05, 0) is 73.2 Å². The van der Waals surface area contributed by atoms with Crippen molar-refractivity contribution in [3.63, 3.8) is 0 Å². The van der Waals surface area contributed by atoms with Crippen LogP contribution in [0.15, 0.2) is 60.7 Å². The van der Waals surface area contributed by atoms with Crippen LogP contribution in [0.5, 0.6) is 23.0 Å². The maximum absolute atomic E-state index is 12.9. The molecule has 38 heavy (non-hydrogen) atoms. The summed E-state index contributed by atoms with van der Waals surface area (Å²) in [5.74, 6) is 2.44. The van der Waals surface area contributed by atoms with Crippen LogP contribution < -0.4 is 19.5 Å². The Bertz CT molecular complexity index is 1310. The van der Waals surface area contributed by atoms with Crippen molar-refractivity contribution in [2.24, 2.45) is 0 Å². The van der Waals surface area contributed by atoms with Gasteiger partial charge in [-0.2, -0.15) is 0 Å². The van der Waals surface area contributed by atoms with E-state index in [0.717, 1.165) is 25.0 Å². The van der Waals surface area contributed by atoms with E-state index in [1.807, 2.05) is 12.1 Å². The second-order valence-electron chi connectivity index (χ2n) is 9.41. The van der Waals surface area contributed by atoms with Gasteiger partial charge in [-0.1, -0.05) is 23.7 Å². The quantitative estimate of drug-likeness (QED) is 0.322. The van der Waals surface area contributed by atoms with Gasteiger partial charge in [-0.3, -0.25) is 4.79 Å². The molecule has 0 spiro atoms. The topological polar surface area (TPSA) is 103 Å². The molecule has 9 heteroatoms. The normalized spacial score (nSPS) is 20.1. The first kappa shape index (κ1) is 25.7. The number of amides is 1. The lowest BCUT2D eigenvalue weighted by Crippen LogP contribution is -2.32. The number of fused-ring (bicyclic) bond motifs is 1. The van der Waals surface area contributed by atoms with Crippen molar-refractivity contribution in [3.8, 4) is 23.0 Å². The first-order valence-electron chi connectivity index (χ1n) is 12.5. The number of carboxylic acid groups (broad SMARTS) is 1. The van der Waals surface area contributed by atoms with Gasteiger partial charge in [0.25, 0.3) is 5.91 Å².